The maximum atomic E-state index is 6.64. The summed E-state index contributed by atoms with van der Waals surface area (Å²) in [6, 6.07) is 4.19. The average molecular weight is 344 g/mol. The molecule has 94 valence electrons. The van der Waals surface area contributed by atoms with Gasteiger partial charge in [-0.2, -0.15) is 11.3 Å². The molecule has 1 aliphatic rings. The van der Waals surface area contributed by atoms with Crippen molar-refractivity contribution >= 4 is 38.9 Å². The number of thiophene rings is 1. The third kappa shape index (κ3) is 2.09. The molecule has 0 fully saturated rings. The summed E-state index contributed by atoms with van der Waals surface area (Å²) in [4.78, 5) is 0. The fourth-order valence-corrected chi connectivity index (χ4v) is 4.16. The van der Waals surface area contributed by atoms with Crippen LogP contribution in [0, 0.1) is 6.92 Å². The first-order valence-electron chi connectivity index (χ1n) is 5.78. The van der Waals surface area contributed by atoms with Crippen LogP contribution in [-0.4, -0.2) is 6.61 Å². The molecule has 0 radical (unpaired) electrons. The van der Waals surface area contributed by atoms with Gasteiger partial charge in [0.2, 0.25) is 0 Å². The molecule has 2 heterocycles. The van der Waals surface area contributed by atoms with Crippen LogP contribution in [0.5, 0.6) is 5.75 Å². The van der Waals surface area contributed by atoms with Crippen LogP contribution in [0.15, 0.2) is 27.4 Å². The minimum Gasteiger partial charge on any atom is -0.493 e. The predicted molar refractivity (Wildman–Crippen MR) is 80.1 cm³/mol. The smallest absolute Gasteiger partial charge is 0.127 e. The lowest BCUT2D eigenvalue weighted by molar-refractivity contribution is 0.353. The fourth-order valence-electron chi connectivity index (χ4n) is 2.28. The first-order chi connectivity index (χ1) is 8.66. The van der Waals surface area contributed by atoms with Gasteiger partial charge in [0.25, 0.3) is 0 Å². The van der Waals surface area contributed by atoms with E-state index in [4.69, 9.17) is 16.3 Å². The van der Waals surface area contributed by atoms with Crippen molar-refractivity contribution in [3.8, 4) is 5.75 Å². The van der Waals surface area contributed by atoms with Crippen LogP contribution < -0.4 is 4.74 Å². The fraction of sp³-hybridized carbons (Fsp3) is 0.286. The Bertz CT molecular complexity index is 593. The highest BCUT2D eigenvalue weighted by molar-refractivity contribution is 9.10. The van der Waals surface area contributed by atoms with Crippen LogP contribution in [0.1, 0.15) is 27.6 Å². The van der Waals surface area contributed by atoms with E-state index in [0.717, 1.165) is 28.8 Å². The quantitative estimate of drug-likeness (QED) is 0.691. The summed E-state index contributed by atoms with van der Waals surface area (Å²) in [6.07, 6.45) is 0.966. The summed E-state index contributed by atoms with van der Waals surface area (Å²) in [6.45, 7) is 2.85. The van der Waals surface area contributed by atoms with Crippen LogP contribution >= 0.6 is 38.9 Å². The van der Waals surface area contributed by atoms with Gasteiger partial charge in [-0.25, -0.2) is 0 Å². The number of halogens is 2. The van der Waals surface area contributed by atoms with E-state index >= 15 is 0 Å². The maximum Gasteiger partial charge on any atom is 0.127 e. The minimum absolute atomic E-state index is 0.138. The summed E-state index contributed by atoms with van der Waals surface area (Å²) >= 11 is 11.9. The molecule has 18 heavy (non-hydrogen) atoms. The molecule has 0 saturated carbocycles. The highest BCUT2D eigenvalue weighted by atomic mass is 79.9. The van der Waals surface area contributed by atoms with Gasteiger partial charge in [0.15, 0.2) is 0 Å². The molecule has 0 N–H and O–H groups in total. The molecule has 4 heteroatoms. The number of alkyl halides is 1. The van der Waals surface area contributed by atoms with Gasteiger partial charge in [0.05, 0.1) is 12.0 Å². The molecule has 0 amide bonds. The number of rotatable bonds is 2. The summed E-state index contributed by atoms with van der Waals surface area (Å²) in [5.41, 5.74) is 4.74. The third-order valence-corrected chi connectivity index (χ3v) is 5.03. The van der Waals surface area contributed by atoms with Crippen molar-refractivity contribution in [1.29, 1.82) is 0 Å². The Kier molecular flexibility index (Phi) is 3.39. The van der Waals surface area contributed by atoms with Gasteiger partial charge >= 0.3 is 0 Å². The first-order valence-corrected chi connectivity index (χ1v) is 7.96. The van der Waals surface area contributed by atoms with Gasteiger partial charge in [0, 0.05) is 16.5 Å². The van der Waals surface area contributed by atoms with E-state index in [-0.39, 0.29) is 5.38 Å². The Morgan fingerprint density at radius 3 is 2.89 bits per heavy atom. The molecule has 1 aromatic carbocycles. The zero-order valence-corrected chi connectivity index (χ0v) is 13.0. The van der Waals surface area contributed by atoms with Gasteiger partial charge < -0.3 is 4.74 Å². The van der Waals surface area contributed by atoms with E-state index in [0.29, 0.717) is 0 Å². The van der Waals surface area contributed by atoms with E-state index < -0.39 is 0 Å². The third-order valence-electron chi connectivity index (χ3n) is 3.22. The van der Waals surface area contributed by atoms with Crippen molar-refractivity contribution in [1.82, 2.24) is 0 Å². The van der Waals surface area contributed by atoms with Crippen LogP contribution in [0.25, 0.3) is 0 Å². The monoisotopic (exact) mass is 342 g/mol. The van der Waals surface area contributed by atoms with Crippen LogP contribution in [0.3, 0.4) is 0 Å². The topological polar surface area (TPSA) is 9.23 Å². The molecular formula is C14H12BrClOS. The van der Waals surface area contributed by atoms with E-state index in [1.807, 2.05) is 0 Å². The standard InChI is InChI=1S/C14H12BrClOS/c1-8-6-18-7-12(8)13(16)11-5-10(15)4-9-2-3-17-14(9)11/h4-7,13H,2-3H2,1H3. The second-order valence-electron chi connectivity index (χ2n) is 4.45. The van der Waals surface area contributed by atoms with Gasteiger partial charge in [-0.1, -0.05) is 15.9 Å². The molecule has 2 aromatic rings. The molecule has 0 aliphatic carbocycles. The number of fused-ring (bicyclic) bond motifs is 1. The highest BCUT2D eigenvalue weighted by Gasteiger charge is 2.24. The van der Waals surface area contributed by atoms with E-state index in [1.165, 1.54) is 16.7 Å². The normalized spacial score (nSPS) is 15.3. The van der Waals surface area contributed by atoms with Crippen LogP contribution in [0.2, 0.25) is 0 Å². The van der Waals surface area contributed by atoms with Crippen molar-refractivity contribution in [3.05, 3.63) is 49.6 Å². The summed E-state index contributed by atoms with van der Waals surface area (Å²) in [7, 11) is 0. The molecule has 1 atom stereocenters. The summed E-state index contributed by atoms with van der Waals surface area (Å²) in [5.74, 6) is 0.976. The SMILES string of the molecule is Cc1cscc1C(Cl)c1cc(Br)cc2c1OCC2. The van der Waals surface area contributed by atoms with Gasteiger partial charge in [-0.3, -0.25) is 0 Å². The second kappa shape index (κ2) is 4.87. The molecular weight excluding hydrogens is 332 g/mol. The van der Waals surface area contributed by atoms with Crippen molar-refractivity contribution in [3.63, 3.8) is 0 Å². The highest BCUT2D eigenvalue weighted by Crippen LogP contribution is 2.42. The maximum absolute atomic E-state index is 6.64. The van der Waals surface area contributed by atoms with Crippen LogP contribution in [0.4, 0.5) is 0 Å². The zero-order chi connectivity index (χ0) is 12.7. The number of hydrogen-bond acceptors (Lipinski definition) is 2. The number of aryl methyl sites for hydroxylation is 1. The van der Waals surface area contributed by atoms with Crippen LogP contribution in [-0.2, 0) is 6.42 Å². The molecule has 1 aromatic heterocycles. The number of benzene rings is 1. The summed E-state index contributed by atoms with van der Waals surface area (Å²) in [5, 5.41) is 4.11. The zero-order valence-electron chi connectivity index (χ0n) is 9.87. The Labute approximate surface area is 124 Å². The van der Waals surface area contributed by atoms with Crippen molar-refractivity contribution in [2.45, 2.75) is 18.7 Å². The predicted octanol–water partition coefficient (Wildman–Crippen LogP) is 5.08. The lowest BCUT2D eigenvalue weighted by Crippen LogP contribution is -1.97. The Morgan fingerprint density at radius 2 is 2.17 bits per heavy atom. The van der Waals surface area contributed by atoms with Gasteiger partial charge in [0.1, 0.15) is 5.75 Å². The summed E-state index contributed by atoms with van der Waals surface area (Å²) < 4.78 is 6.81. The molecule has 0 saturated heterocycles. The van der Waals surface area contributed by atoms with Crippen molar-refractivity contribution < 1.29 is 4.74 Å². The molecule has 0 spiro atoms. The first kappa shape index (κ1) is 12.5. The van der Waals surface area contributed by atoms with Crippen molar-refractivity contribution in [2.75, 3.05) is 6.61 Å². The number of hydrogen-bond donors (Lipinski definition) is 0. The number of ether oxygens (including phenoxy) is 1. The van der Waals surface area contributed by atoms with E-state index in [9.17, 15) is 0 Å². The molecule has 1 nitrogen and oxygen atoms in total. The van der Waals surface area contributed by atoms with Gasteiger partial charge in [-0.05, 0) is 46.5 Å². The Hall–Kier alpha value is -0.510. The lowest BCUT2D eigenvalue weighted by Gasteiger charge is -2.14. The van der Waals surface area contributed by atoms with E-state index in [1.54, 1.807) is 11.3 Å². The lowest BCUT2D eigenvalue weighted by atomic mass is 10.0. The van der Waals surface area contributed by atoms with E-state index in [2.05, 4.69) is 45.7 Å². The molecule has 1 aliphatic heterocycles. The van der Waals surface area contributed by atoms with Gasteiger partial charge in [-0.15, -0.1) is 11.6 Å². The minimum atomic E-state index is -0.138. The molecule has 0 bridgehead atoms. The molecule has 1 unspecified atom stereocenters. The Balaban J connectivity index is 2.10. The average Bonchev–Trinajstić information content (AvgIpc) is 2.95. The largest absolute Gasteiger partial charge is 0.493 e. The van der Waals surface area contributed by atoms with Crippen molar-refractivity contribution in [2.24, 2.45) is 0 Å². The Morgan fingerprint density at radius 1 is 1.33 bits per heavy atom. The molecule has 3 rings (SSSR count). The second-order valence-corrected chi connectivity index (χ2v) is 6.55.